The van der Waals surface area contributed by atoms with Gasteiger partial charge in [-0.2, -0.15) is 0 Å². The predicted octanol–water partition coefficient (Wildman–Crippen LogP) is -1.90. The molecule has 0 saturated carbocycles. The summed E-state index contributed by atoms with van der Waals surface area (Å²) in [6.45, 7) is -0.122. The molecule has 1 fully saturated rings. The van der Waals surface area contributed by atoms with Crippen LogP contribution in [0.1, 0.15) is 6.23 Å². The Morgan fingerprint density at radius 2 is 1.92 bits per heavy atom. The number of nitrogens with one attached hydrogen (secondary N) is 1. The number of rotatable bonds is 6. The molecule has 1 saturated heterocycles. The van der Waals surface area contributed by atoms with E-state index in [1.165, 1.54) is 0 Å². The molecule has 0 bridgehead atoms. The number of phosphoric ester groups is 1. The molecular formula is C10H16N2O11P2. The largest absolute Gasteiger partial charge is 0.479 e. The van der Waals surface area contributed by atoms with Crippen LogP contribution in [-0.2, 0) is 22.7 Å². The maximum Gasteiger partial charge on any atom is 0.479 e. The van der Waals surface area contributed by atoms with Gasteiger partial charge in [0.25, 0.3) is 5.56 Å². The number of phosphoric acid groups is 1. The van der Waals surface area contributed by atoms with Gasteiger partial charge in [-0.15, -0.1) is 0 Å². The van der Waals surface area contributed by atoms with Crippen molar-refractivity contribution in [2.24, 2.45) is 0 Å². The van der Waals surface area contributed by atoms with Crippen molar-refractivity contribution in [2.45, 2.75) is 24.5 Å². The topological polar surface area (TPSA) is 198 Å². The maximum absolute atomic E-state index is 11.7. The number of aliphatic hydroxyl groups is 2. The third-order valence-electron chi connectivity index (χ3n) is 3.12. The van der Waals surface area contributed by atoms with E-state index >= 15 is 0 Å². The average molecular weight is 402 g/mol. The van der Waals surface area contributed by atoms with Crippen LogP contribution >= 0.6 is 15.4 Å². The van der Waals surface area contributed by atoms with Crippen molar-refractivity contribution in [3.8, 4) is 0 Å². The normalized spacial score (nSPS) is 31.4. The van der Waals surface area contributed by atoms with E-state index in [0.29, 0.717) is 6.66 Å². The number of aromatic nitrogens is 2. The standard InChI is InChI=1S/C10H16N2O11P2/c1-24(17,18)23-25(19,20)21-4-5-7(14)8(15)9(22-5)12-3-2-6(13)11-10(12)16/h2-3,5,7-9,14-15H,4H2,1H3,(H,17,18)(H,19,20)(H,11,13,16)/t5-,7-,8-,9-/m1/s1. The second kappa shape index (κ2) is 7.23. The first-order valence-corrected chi connectivity index (χ1v) is 10.2. The van der Waals surface area contributed by atoms with Crippen LogP contribution in [0.2, 0.25) is 0 Å². The number of hydrogen-bond acceptors (Lipinski definition) is 9. The van der Waals surface area contributed by atoms with E-state index in [-0.39, 0.29) is 0 Å². The first-order chi connectivity index (χ1) is 11.4. The molecule has 15 heteroatoms. The van der Waals surface area contributed by atoms with Gasteiger partial charge in [-0.05, 0) is 0 Å². The molecule has 0 radical (unpaired) electrons. The minimum atomic E-state index is -4.92. The highest BCUT2D eigenvalue weighted by molar-refractivity contribution is 7.63. The molecule has 0 aromatic carbocycles. The summed E-state index contributed by atoms with van der Waals surface area (Å²) in [6.07, 6.45) is -4.97. The molecular weight excluding hydrogens is 386 g/mol. The molecule has 0 amide bonds. The monoisotopic (exact) mass is 402 g/mol. The molecule has 2 unspecified atom stereocenters. The molecule has 142 valence electrons. The number of hydrogen-bond donors (Lipinski definition) is 5. The van der Waals surface area contributed by atoms with E-state index < -0.39 is 57.8 Å². The van der Waals surface area contributed by atoms with Crippen molar-refractivity contribution in [2.75, 3.05) is 13.3 Å². The second-order valence-electron chi connectivity index (χ2n) is 5.21. The number of aliphatic hydroxyl groups excluding tert-OH is 2. The number of nitrogens with zero attached hydrogens (tertiary/aromatic N) is 1. The lowest BCUT2D eigenvalue weighted by atomic mass is 10.1. The summed E-state index contributed by atoms with van der Waals surface area (Å²) in [5.74, 6) is 0. The highest BCUT2D eigenvalue weighted by Gasteiger charge is 2.45. The lowest BCUT2D eigenvalue weighted by Crippen LogP contribution is -2.37. The van der Waals surface area contributed by atoms with E-state index in [4.69, 9.17) is 9.63 Å². The summed E-state index contributed by atoms with van der Waals surface area (Å²) < 4.78 is 37.0. The van der Waals surface area contributed by atoms with Crippen molar-refractivity contribution in [1.29, 1.82) is 0 Å². The Hall–Kier alpha value is -1.14. The number of H-pyrrole nitrogens is 1. The molecule has 13 nitrogen and oxygen atoms in total. The Labute approximate surface area is 139 Å². The third-order valence-corrected chi connectivity index (χ3v) is 5.63. The first-order valence-electron chi connectivity index (χ1n) is 6.72. The molecule has 25 heavy (non-hydrogen) atoms. The van der Waals surface area contributed by atoms with Crippen molar-refractivity contribution < 1.29 is 42.7 Å². The van der Waals surface area contributed by atoms with E-state index in [1.54, 1.807) is 0 Å². The molecule has 2 heterocycles. The van der Waals surface area contributed by atoms with Gasteiger partial charge in [0, 0.05) is 18.9 Å². The third kappa shape index (κ3) is 5.17. The maximum atomic E-state index is 11.7. The van der Waals surface area contributed by atoms with Crippen molar-refractivity contribution in [1.82, 2.24) is 9.55 Å². The quantitative estimate of drug-likeness (QED) is 0.333. The fourth-order valence-corrected chi connectivity index (χ4v) is 4.16. The van der Waals surface area contributed by atoms with Crippen LogP contribution in [0.25, 0.3) is 0 Å². The van der Waals surface area contributed by atoms with Crippen LogP contribution < -0.4 is 11.2 Å². The van der Waals surface area contributed by atoms with Crippen LogP contribution in [0.15, 0.2) is 21.9 Å². The molecule has 1 aromatic rings. The van der Waals surface area contributed by atoms with E-state index in [1.807, 2.05) is 4.98 Å². The smallest absolute Gasteiger partial charge is 0.387 e. The number of ether oxygens (including phenoxy) is 1. The zero-order chi connectivity index (χ0) is 19.0. The summed E-state index contributed by atoms with van der Waals surface area (Å²) >= 11 is 0. The lowest BCUT2D eigenvalue weighted by molar-refractivity contribution is -0.0541. The van der Waals surface area contributed by atoms with Crippen LogP contribution in [-0.4, -0.2) is 61.1 Å². The van der Waals surface area contributed by atoms with E-state index in [0.717, 1.165) is 16.8 Å². The van der Waals surface area contributed by atoms with Gasteiger partial charge in [-0.3, -0.25) is 23.4 Å². The van der Waals surface area contributed by atoms with E-state index in [2.05, 4.69) is 8.83 Å². The molecule has 1 aliphatic heterocycles. The molecule has 6 atom stereocenters. The molecule has 5 N–H and O–H groups in total. The predicted molar refractivity (Wildman–Crippen MR) is 79.9 cm³/mol. The van der Waals surface area contributed by atoms with Crippen molar-refractivity contribution in [3.63, 3.8) is 0 Å². The van der Waals surface area contributed by atoms with Crippen LogP contribution in [0.3, 0.4) is 0 Å². The van der Waals surface area contributed by atoms with Gasteiger partial charge in [0.2, 0.25) is 0 Å². The van der Waals surface area contributed by atoms with Gasteiger partial charge in [-0.25, -0.2) is 13.7 Å². The Bertz CT molecular complexity index is 829. The van der Waals surface area contributed by atoms with Gasteiger partial charge >= 0.3 is 21.1 Å². The van der Waals surface area contributed by atoms with Gasteiger partial charge < -0.3 is 24.7 Å². The molecule has 1 aromatic heterocycles. The second-order valence-corrected chi connectivity index (χ2v) is 8.67. The minimum absolute atomic E-state index is 0.669. The Balaban J connectivity index is 2.09. The average Bonchev–Trinajstić information content (AvgIpc) is 2.71. The zero-order valence-electron chi connectivity index (χ0n) is 12.7. The summed E-state index contributed by atoms with van der Waals surface area (Å²) in [5, 5.41) is 19.9. The van der Waals surface area contributed by atoms with Gasteiger partial charge in [0.05, 0.1) is 6.61 Å². The Morgan fingerprint density at radius 1 is 1.28 bits per heavy atom. The van der Waals surface area contributed by atoms with Gasteiger partial charge in [0.15, 0.2) is 6.23 Å². The minimum Gasteiger partial charge on any atom is -0.387 e. The van der Waals surface area contributed by atoms with Crippen LogP contribution in [0, 0.1) is 0 Å². The van der Waals surface area contributed by atoms with Gasteiger partial charge in [0.1, 0.15) is 18.3 Å². The van der Waals surface area contributed by atoms with Crippen molar-refractivity contribution in [3.05, 3.63) is 33.1 Å². The van der Waals surface area contributed by atoms with Crippen LogP contribution in [0.5, 0.6) is 0 Å². The van der Waals surface area contributed by atoms with Crippen molar-refractivity contribution >= 4 is 15.4 Å². The first kappa shape index (κ1) is 20.2. The molecule has 1 aliphatic rings. The highest BCUT2D eigenvalue weighted by Crippen LogP contribution is 2.58. The summed E-state index contributed by atoms with van der Waals surface area (Å²) in [7, 11) is -9.24. The molecule has 0 aliphatic carbocycles. The zero-order valence-corrected chi connectivity index (χ0v) is 14.4. The fourth-order valence-electron chi connectivity index (χ4n) is 2.11. The lowest BCUT2D eigenvalue weighted by Gasteiger charge is -2.18. The summed E-state index contributed by atoms with van der Waals surface area (Å²) in [6, 6.07) is 0.990. The SMILES string of the molecule is CP(=O)(O)OP(=O)(O)OC[C@H]1O[C@@H](n2ccc(=O)[nH]c2=O)[C@H](O)[C@@H]1O. The summed E-state index contributed by atoms with van der Waals surface area (Å²) in [5.41, 5.74) is -1.59. The molecule has 0 spiro atoms. The number of aromatic amines is 1. The highest BCUT2D eigenvalue weighted by atomic mass is 31.3. The van der Waals surface area contributed by atoms with Crippen LogP contribution in [0.4, 0.5) is 0 Å². The van der Waals surface area contributed by atoms with E-state index in [9.17, 15) is 33.8 Å². The Morgan fingerprint density at radius 3 is 2.48 bits per heavy atom. The Kier molecular flexibility index (Phi) is 5.84. The van der Waals surface area contributed by atoms with Gasteiger partial charge in [-0.1, -0.05) is 0 Å². The fraction of sp³-hybridized carbons (Fsp3) is 0.600. The molecule has 2 rings (SSSR count). The summed E-state index contributed by atoms with van der Waals surface area (Å²) in [4.78, 5) is 42.9.